The minimum Gasteiger partial charge on any atom is -0.334 e. The molecular weight excluding hydrogens is 351 g/mol. The molecule has 1 aromatic heterocycles. The molecule has 0 amide bonds. The highest BCUT2D eigenvalue weighted by atomic mass is 79.9. The van der Waals surface area contributed by atoms with E-state index in [9.17, 15) is 13.2 Å². The lowest BCUT2D eigenvalue weighted by Gasteiger charge is -2.16. The molecule has 2 N–H and O–H groups in total. The lowest BCUT2D eigenvalue weighted by Crippen LogP contribution is -2.33. The molecule has 1 unspecified atom stereocenters. The van der Waals surface area contributed by atoms with E-state index in [0.717, 1.165) is 6.07 Å². The van der Waals surface area contributed by atoms with E-state index >= 15 is 0 Å². The first kappa shape index (κ1) is 16.0. The topological polar surface area (TPSA) is 64.9 Å². The molecular formula is C13H13BrF3N3O. The summed E-state index contributed by atoms with van der Waals surface area (Å²) in [6.07, 6.45) is -3.90. The van der Waals surface area contributed by atoms with E-state index in [0.29, 0.717) is 6.42 Å². The van der Waals surface area contributed by atoms with Gasteiger partial charge in [0.15, 0.2) is 5.82 Å². The fourth-order valence-corrected chi connectivity index (χ4v) is 2.08. The van der Waals surface area contributed by atoms with E-state index in [1.807, 2.05) is 6.92 Å². The van der Waals surface area contributed by atoms with E-state index in [2.05, 4.69) is 26.1 Å². The maximum Gasteiger partial charge on any atom is 0.417 e. The third kappa shape index (κ3) is 3.26. The van der Waals surface area contributed by atoms with Gasteiger partial charge in [0, 0.05) is 10.0 Å². The fourth-order valence-electron chi connectivity index (χ4n) is 1.61. The van der Waals surface area contributed by atoms with Crippen molar-refractivity contribution >= 4 is 15.9 Å². The van der Waals surface area contributed by atoms with Crippen molar-refractivity contribution in [3.63, 3.8) is 0 Å². The molecule has 0 radical (unpaired) electrons. The first-order valence-electron chi connectivity index (χ1n) is 6.15. The zero-order valence-electron chi connectivity index (χ0n) is 11.3. The summed E-state index contributed by atoms with van der Waals surface area (Å²) in [6, 6.07) is 3.72. The summed E-state index contributed by atoms with van der Waals surface area (Å²) in [4.78, 5) is 4.09. The van der Waals surface area contributed by atoms with Crippen molar-refractivity contribution in [1.29, 1.82) is 0 Å². The highest BCUT2D eigenvalue weighted by Gasteiger charge is 2.34. The van der Waals surface area contributed by atoms with Crippen LogP contribution < -0.4 is 5.73 Å². The van der Waals surface area contributed by atoms with Gasteiger partial charge in [-0.25, -0.2) is 0 Å². The minimum absolute atomic E-state index is 0.00752. The summed E-state index contributed by atoms with van der Waals surface area (Å²) in [5.74, 6) is 0.268. The van der Waals surface area contributed by atoms with Gasteiger partial charge in [0.25, 0.3) is 5.89 Å². The highest BCUT2D eigenvalue weighted by Crippen LogP contribution is 2.37. The maximum atomic E-state index is 12.9. The van der Waals surface area contributed by atoms with Crippen LogP contribution in [0, 0.1) is 0 Å². The molecule has 114 valence electrons. The fraction of sp³-hybridized carbons (Fsp3) is 0.385. The zero-order valence-corrected chi connectivity index (χ0v) is 12.9. The van der Waals surface area contributed by atoms with Crippen LogP contribution in [0.5, 0.6) is 0 Å². The van der Waals surface area contributed by atoms with E-state index in [-0.39, 0.29) is 21.8 Å². The van der Waals surface area contributed by atoms with Gasteiger partial charge in [-0.2, -0.15) is 18.2 Å². The van der Waals surface area contributed by atoms with Gasteiger partial charge in [-0.3, -0.25) is 0 Å². The number of nitrogens with zero attached hydrogens (tertiary/aromatic N) is 2. The van der Waals surface area contributed by atoms with Crippen molar-refractivity contribution in [1.82, 2.24) is 10.1 Å². The third-order valence-corrected chi connectivity index (χ3v) is 3.88. The average molecular weight is 364 g/mol. The van der Waals surface area contributed by atoms with Gasteiger partial charge in [-0.05, 0) is 31.5 Å². The Hall–Kier alpha value is -1.41. The van der Waals surface area contributed by atoms with Crippen molar-refractivity contribution in [3.8, 4) is 11.5 Å². The van der Waals surface area contributed by atoms with Crippen LogP contribution in [0.3, 0.4) is 0 Å². The van der Waals surface area contributed by atoms with E-state index in [1.54, 1.807) is 6.92 Å². The van der Waals surface area contributed by atoms with Crippen LogP contribution in [0.2, 0.25) is 0 Å². The van der Waals surface area contributed by atoms with Gasteiger partial charge in [0.1, 0.15) is 0 Å². The molecule has 4 nitrogen and oxygen atoms in total. The molecule has 0 aliphatic carbocycles. The minimum atomic E-state index is -4.47. The van der Waals surface area contributed by atoms with E-state index in [4.69, 9.17) is 10.3 Å². The molecule has 0 saturated carbocycles. The third-order valence-electron chi connectivity index (χ3n) is 3.19. The monoisotopic (exact) mass is 363 g/mol. The van der Waals surface area contributed by atoms with E-state index < -0.39 is 17.3 Å². The lowest BCUT2D eigenvalue weighted by molar-refractivity contribution is -0.138. The smallest absolute Gasteiger partial charge is 0.334 e. The Morgan fingerprint density at radius 1 is 1.33 bits per heavy atom. The maximum absolute atomic E-state index is 12.9. The molecule has 1 aromatic carbocycles. The van der Waals surface area contributed by atoms with Crippen LogP contribution in [0.25, 0.3) is 11.5 Å². The van der Waals surface area contributed by atoms with Gasteiger partial charge < -0.3 is 10.3 Å². The van der Waals surface area contributed by atoms with Gasteiger partial charge in [-0.1, -0.05) is 28.0 Å². The van der Waals surface area contributed by atoms with Crippen LogP contribution in [-0.4, -0.2) is 10.1 Å². The van der Waals surface area contributed by atoms with Gasteiger partial charge in [0.05, 0.1) is 11.1 Å². The molecule has 0 aliphatic heterocycles. The number of hydrogen-bond acceptors (Lipinski definition) is 4. The second-order valence-electron chi connectivity index (χ2n) is 4.89. The number of halogens is 4. The molecule has 2 aromatic rings. The molecule has 0 spiro atoms. The van der Waals surface area contributed by atoms with Crippen molar-refractivity contribution in [2.24, 2.45) is 5.73 Å². The van der Waals surface area contributed by atoms with E-state index in [1.165, 1.54) is 12.1 Å². The van der Waals surface area contributed by atoms with Crippen molar-refractivity contribution in [3.05, 3.63) is 34.1 Å². The number of alkyl halides is 3. The number of aromatic nitrogens is 2. The largest absolute Gasteiger partial charge is 0.417 e. The second kappa shape index (κ2) is 5.42. The Morgan fingerprint density at radius 2 is 2.00 bits per heavy atom. The molecule has 21 heavy (non-hydrogen) atoms. The molecule has 0 fully saturated rings. The van der Waals surface area contributed by atoms with Crippen LogP contribution in [0.4, 0.5) is 13.2 Å². The first-order valence-corrected chi connectivity index (χ1v) is 6.94. The van der Waals surface area contributed by atoms with Gasteiger partial charge in [-0.15, -0.1) is 0 Å². The summed E-state index contributed by atoms with van der Waals surface area (Å²) >= 11 is 2.88. The van der Waals surface area contributed by atoms with Gasteiger partial charge in [0.2, 0.25) is 0 Å². The molecule has 0 aliphatic rings. The van der Waals surface area contributed by atoms with Crippen LogP contribution in [-0.2, 0) is 11.7 Å². The quantitative estimate of drug-likeness (QED) is 0.891. The lowest BCUT2D eigenvalue weighted by atomic mass is 10.00. The molecule has 0 saturated heterocycles. The van der Waals surface area contributed by atoms with Crippen LogP contribution in [0.1, 0.15) is 31.7 Å². The predicted molar refractivity (Wildman–Crippen MR) is 74.3 cm³/mol. The predicted octanol–water partition coefficient (Wildman–Crippen LogP) is 4.10. The van der Waals surface area contributed by atoms with Crippen molar-refractivity contribution < 1.29 is 17.7 Å². The second-order valence-corrected chi connectivity index (χ2v) is 5.74. The number of benzene rings is 1. The Kier molecular flexibility index (Phi) is 4.12. The van der Waals surface area contributed by atoms with Gasteiger partial charge >= 0.3 is 6.18 Å². The number of nitrogens with two attached hydrogens (primary N) is 1. The summed E-state index contributed by atoms with van der Waals surface area (Å²) in [7, 11) is 0. The Bertz CT molecular complexity index is 652. The number of hydrogen-bond donors (Lipinski definition) is 1. The van der Waals surface area contributed by atoms with Crippen LogP contribution >= 0.6 is 15.9 Å². The Balaban J connectivity index is 2.44. The first-order chi connectivity index (χ1) is 9.65. The average Bonchev–Trinajstić information content (AvgIpc) is 2.88. The van der Waals surface area contributed by atoms with Crippen LogP contribution in [0.15, 0.2) is 27.2 Å². The SMILES string of the molecule is CCC(C)(N)c1noc(-c2ccc(Br)c(C(F)(F)F)c2)n1. The molecule has 0 bridgehead atoms. The standard InChI is InChI=1S/C13H13BrF3N3O/c1-3-12(2,18)11-19-10(21-20-11)7-4-5-9(14)8(6-7)13(15,16)17/h4-6H,3,18H2,1-2H3. The molecule has 1 atom stereocenters. The van der Waals surface area contributed by atoms with Crippen molar-refractivity contribution in [2.45, 2.75) is 32.0 Å². The summed E-state index contributed by atoms with van der Waals surface area (Å²) < 4.78 is 43.6. The zero-order chi connectivity index (χ0) is 15.8. The normalized spacial score (nSPS) is 15.0. The molecule has 1 heterocycles. The Labute approximate surface area is 127 Å². The van der Waals surface area contributed by atoms with Crippen molar-refractivity contribution in [2.75, 3.05) is 0 Å². The summed E-state index contributed by atoms with van der Waals surface area (Å²) in [6.45, 7) is 3.59. The molecule has 8 heteroatoms. The summed E-state index contributed by atoms with van der Waals surface area (Å²) in [5.41, 5.74) is 4.58. The number of rotatable bonds is 3. The highest BCUT2D eigenvalue weighted by molar-refractivity contribution is 9.10. The summed E-state index contributed by atoms with van der Waals surface area (Å²) in [5, 5.41) is 3.75. The molecule has 2 rings (SSSR count). The Morgan fingerprint density at radius 3 is 2.57 bits per heavy atom.